The molecule has 7 heteroatoms. The summed E-state index contributed by atoms with van der Waals surface area (Å²) in [7, 11) is 0. The number of amides is 1. The summed E-state index contributed by atoms with van der Waals surface area (Å²) in [5.41, 5.74) is -0.243. The lowest BCUT2D eigenvalue weighted by Crippen LogP contribution is -2.25. The SMILES string of the molecule is CC(C)CCNC(=O)c1cc([N+](=O)[O-])cc(Cl)c1Cl. The number of non-ortho nitro benzene ring substituents is 1. The molecule has 0 spiro atoms. The Labute approximate surface area is 121 Å². The van der Waals surface area contributed by atoms with E-state index in [1.807, 2.05) is 13.8 Å². The van der Waals surface area contributed by atoms with E-state index in [4.69, 9.17) is 23.2 Å². The smallest absolute Gasteiger partial charge is 0.271 e. The standard InChI is InChI=1S/C12H14Cl2N2O3/c1-7(2)3-4-15-12(17)9-5-8(16(18)19)6-10(13)11(9)14/h5-7H,3-4H2,1-2H3,(H,15,17). The lowest BCUT2D eigenvalue weighted by Gasteiger charge is -2.09. The Bertz CT molecular complexity index is 504. The van der Waals surface area contributed by atoms with Crippen LogP contribution >= 0.6 is 23.2 Å². The maximum atomic E-state index is 11.9. The molecule has 1 aromatic rings. The van der Waals surface area contributed by atoms with Gasteiger partial charge in [-0.05, 0) is 12.3 Å². The predicted octanol–water partition coefficient (Wildman–Crippen LogP) is 3.68. The van der Waals surface area contributed by atoms with Gasteiger partial charge in [-0.2, -0.15) is 0 Å². The summed E-state index contributed by atoms with van der Waals surface area (Å²) in [5, 5.41) is 13.4. The molecule has 0 aliphatic carbocycles. The van der Waals surface area contributed by atoms with E-state index in [9.17, 15) is 14.9 Å². The molecule has 0 aliphatic rings. The normalized spacial score (nSPS) is 10.6. The lowest BCUT2D eigenvalue weighted by atomic mass is 10.1. The summed E-state index contributed by atoms with van der Waals surface area (Å²) < 4.78 is 0. The molecule has 0 saturated carbocycles. The molecule has 0 aromatic heterocycles. The minimum atomic E-state index is -0.618. The zero-order valence-electron chi connectivity index (χ0n) is 10.6. The minimum absolute atomic E-state index is 0.00937. The third kappa shape index (κ3) is 4.36. The van der Waals surface area contributed by atoms with Crippen molar-refractivity contribution in [1.82, 2.24) is 5.32 Å². The number of nitrogens with one attached hydrogen (secondary N) is 1. The van der Waals surface area contributed by atoms with E-state index in [2.05, 4.69) is 5.32 Å². The number of halogens is 2. The van der Waals surface area contributed by atoms with Gasteiger partial charge in [-0.1, -0.05) is 37.0 Å². The molecular weight excluding hydrogens is 291 g/mol. The zero-order valence-corrected chi connectivity index (χ0v) is 12.1. The van der Waals surface area contributed by atoms with E-state index in [0.29, 0.717) is 12.5 Å². The first-order valence-electron chi connectivity index (χ1n) is 5.74. The van der Waals surface area contributed by atoms with Crippen molar-refractivity contribution < 1.29 is 9.72 Å². The van der Waals surface area contributed by atoms with Crippen molar-refractivity contribution >= 4 is 34.8 Å². The van der Waals surface area contributed by atoms with Gasteiger partial charge >= 0.3 is 0 Å². The summed E-state index contributed by atoms with van der Waals surface area (Å²) in [6, 6.07) is 2.24. The number of rotatable bonds is 5. The molecule has 1 amide bonds. The van der Waals surface area contributed by atoms with Gasteiger partial charge in [-0.15, -0.1) is 0 Å². The number of hydrogen-bond acceptors (Lipinski definition) is 3. The fraction of sp³-hybridized carbons (Fsp3) is 0.417. The Hall–Kier alpha value is -1.33. The number of carbonyl (C=O) groups excluding carboxylic acids is 1. The Morgan fingerprint density at radius 2 is 2.05 bits per heavy atom. The average Bonchev–Trinajstić information content (AvgIpc) is 2.31. The number of nitrogens with zero attached hydrogens (tertiary/aromatic N) is 1. The molecule has 0 aliphatic heterocycles. The van der Waals surface area contributed by atoms with Crippen LogP contribution in [-0.4, -0.2) is 17.4 Å². The molecule has 0 unspecified atom stereocenters. The summed E-state index contributed by atoms with van der Waals surface area (Å²) in [6.45, 7) is 4.54. The van der Waals surface area contributed by atoms with Crippen LogP contribution in [0.3, 0.4) is 0 Å². The van der Waals surface area contributed by atoms with Crippen molar-refractivity contribution in [2.24, 2.45) is 5.92 Å². The fourth-order valence-corrected chi connectivity index (χ4v) is 1.82. The van der Waals surface area contributed by atoms with Crippen molar-refractivity contribution in [3.05, 3.63) is 37.9 Å². The van der Waals surface area contributed by atoms with Gasteiger partial charge in [0.1, 0.15) is 0 Å². The van der Waals surface area contributed by atoms with Crippen LogP contribution in [0.15, 0.2) is 12.1 Å². The first-order chi connectivity index (χ1) is 8.82. The lowest BCUT2D eigenvalue weighted by molar-refractivity contribution is -0.384. The average molecular weight is 305 g/mol. The molecule has 104 valence electrons. The number of nitro benzene ring substituents is 1. The minimum Gasteiger partial charge on any atom is -0.352 e. The van der Waals surface area contributed by atoms with Crippen LogP contribution < -0.4 is 5.32 Å². The highest BCUT2D eigenvalue weighted by molar-refractivity contribution is 6.44. The van der Waals surface area contributed by atoms with Gasteiger partial charge in [-0.25, -0.2) is 0 Å². The topological polar surface area (TPSA) is 72.2 Å². The maximum absolute atomic E-state index is 11.9. The van der Waals surface area contributed by atoms with Crippen LogP contribution in [0.1, 0.15) is 30.6 Å². The molecule has 0 atom stereocenters. The van der Waals surface area contributed by atoms with Crippen molar-refractivity contribution in [2.75, 3.05) is 6.54 Å². The van der Waals surface area contributed by atoms with Gasteiger partial charge in [0.25, 0.3) is 11.6 Å². The van der Waals surface area contributed by atoms with E-state index in [1.165, 1.54) is 0 Å². The van der Waals surface area contributed by atoms with Gasteiger partial charge in [0.05, 0.1) is 20.5 Å². The van der Waals surface area contributed by atoms with E-state index < -0.39 is 10.8 Å². The highest BCUT2D eigenvalue weighted by Gasteiger charge is 2.19. The van der Waals surface area contributed by atoms with E-state index in [1.54, 1.807) is 0 Å². The third-order valence-corrected chi connectivity index (χ3v) is 3.28. The van der Waals surface area contributed by atoms with E-state index in [-0.39, 0.29) is 21.3 Å². The van der Waals surface area contributed by atoms with Gasteiger partial charge in [-0.3, -0.25) is 14.9 Å². The second-order valence-corrected chi connectivity index (χ2v) is 5.27. The van der Waals surface area contributed by atoms with Crippen molar-refractivity contribution in [3.8, 4) is 0 Å². The second kappa shape index (κ2) is 6.73. The van der Waals surface area contributed by atoms with Gasteiger partial charge in [0.15, 0.2) is 0 Å². The Kier molecular flexibility index (Phi) is 5.57. The Balaban J connectivity index is 2.92. The molecule has 1 N–H and O–H groups in total. The highest BCUT2D eigenvalue weighted by Crippen LogP contribution is 2.30. The molecule has 0 radical (unpaired) electrons. The third-order valence-electron chi connectivity index (χ3n) is 2.48. The maximum Gasteiger partial charge on any atom is 0.271 e. The first-order valence-corrected chi connectivity index (χ1v) is 6.50. The molecule has 0 heterocycles. The summed E-state index contributed by atoms with van der Waals surface area (Å²) in [6.07, 6.45) is 0.812. The number of carbonyl (C=O) groups is 1. The van der Waals surface area contributed by atoms with Crippen LogP contribution in [0.5, 0.6) is 0 Å². The Morgan fingerprint density at radius 1 is 1.42 bits per heavy atom. The van der Waals surface area contributed by atoms with Gasteiger partial charge < -0.3 is 5.32 Å². The molecule has 0 fully saturated rings. The van der Waals surface area contributed by atoms with E-state index in [0.717, 1.165) is 18.6 Å². The van der Waals surface area contributed by atoms with Crippen molar-refractivity contribution in [2.45, 2.75) is 20.3 Å². The number of benzene rings is 1. The van der Waals surface area contributed by atoms with Crippen LogP contribution in [0, 0.1) is 16.0 Å². The van der Waals surface area contributed by atoms with Crippen LogP contribution in [-0.2, 0) is 0 Å². The monoisotopic (exact) mass is 304 g/mol. The molecule has 19 heavy (non-hydrogen) atoms. The summed E-state index contributed by atoms with van der Waals surface area (Å²) in [4.78, 5) is 22.0. The van der Waals surface area contributed by atoms with Crippen LogP contribution in [0.2, 0.25) is 10.0 Å². The summed E-state index contributed by atoms with van der Waals surface area (Å²) >= 11 is 11.7. The van der Waals surface area contributed by atoms with Crippen LogP contribution in [0.4, 0.5) is 5.69 Å². The molecule has 5 nitrogen and oxygen atoms in total. The summed E-state index contributed by atoms with van der Waals surface area (Å²) in [5.74, 6) is -0.0132. The second-order valence-electron chi connectivity index (χ2n) is 4.48. The van der Waals surface area contributed by atoms with Crippen molar-refractivity contribution in [3.63, 3.8) is 0 Å². The van der Waals surface area contributed by atoms with Crippen molar-refractivity contribution in [1.29, 1.82) is 0 Å². The van der Waals surface area contributed by atoms with Gasteiger partial charge in [0, 0.05) is 18.7 Å². The molecule has 0 saturated heterocycles. The molecule has 1 aromatic carbocycles. The van der Waals surface area contributed by atoms with Gasteiger partial charge in [0.2, 0.25) is 0 Å². The number of nitro groups is 1. The highest BCUT2D eigenvalue weighted by atomic mass is 35.5. The largest absolute Gasteiger partial charge is 0.352 e. The van der Waals surface area contributed by atoms with Crippen LogP contribution in [0.25, 0.3) is 0 Å². The predicted molar refractivity (Wildman–Crippen MR) is 74.9 cm³/mol. The molecule has 1 rings (SSSR count). The molecule has 0 bridgehead atoms. The van der Waals surface area contributed by atoms with E-state index >= 15 is 0 Å². The fourth-order valence-electron chi connectivity index (χ4n) is 1.41. The Morgan fingerprint density at radius 3 is 2.58 bits per heavy atom. The number of hydrogen-bond donors (Lipinski definition) is 1. The quantitative estimate of drug-likeness (QED) is 0.666. The first kappa shape index (κ1) is 15.7. The molecular formula is C12H14Cl2N2O3. The zero-order chi connectivity index (χ0) is 14.6.